The van der Waals surface area contributed by atoms with Crippen molar-refractivity contribution in [3.8, 4) is 0 Å². The molecule has 0 radical (unpaired) electrons. The van der Waals surface area contributed by atoms with E-state index in [4.69, 9.17) is 0 Å². The number of rotatable bonds is 5. The van der Waals surface area contributed by atoms with Crippen LogP contribution in [0.4, 0.5) is 0 Å². The summed E-state index contributed by atoms with van der Waals surface area (Å²) >= 11 is 0. The number of hydrogen-bond donors (Lipinski definition) is 2. The number of hydrogen-bond acceptors (Lipinski definition) is 3. The number of amides is 2. The Kier molecular flexibility index (Phi) is 5.62. The normalized spacial score (nSPS) is 30.0. The predicted octanol–water partition coefficient (Wildman–Crippen LogP) is 1.14. The Morgan fingerprint density at radius 3 is 2.76 bits per heavy atom. The lowest BCUT2D eigenvalue weighted by Gasteiger charge is -2.31. The lowest BCUT2D eigenvalue weighted by Crippen LogP contribution is -2.50. The first-order chi connectivity index (χ1) is 10.1. The maximum Gasteiger partial charge on any atom is 0.225 e. The van der Waals surface area contributed by atoms with Gasteiger partial charge in [-0.25, -0.2) is 0 Å². The van der Waals surface area contributed by atoms with Crippen LogP contribution in [-0.4, -0.2) is 48.4 Å². The van der Waals surface area contributed by atoms with Crippen molar-refractivity contribution in [1.29, 1.82) is 0 Å². The van der Waals surface area contributed by atoms with Gasteiger partial charge >= 0.3 is 0 Å². The van der Waals surface area contributed by atoms with E-state index < -0.39 is 0 Å². The molecule has 2 amide bonds. The zero-order chi connectivity index (χ0) is 15.4. The summed E-state index contributed by atoms with van der Waals surface area (Å²) in [5.41, 5.74) is 0. The second kappa shape index (κ2) is 7.25. The summed E-state index contributed by atoms with van der Waals surface area (Å²) in [4.78, 5) is 26.5. The highest BCUT2D eigenvalue weighted by atomic mass is 16.2. The molecule has 21 heavy (non-hydrogen) atoms. The maximum absolute atomic E-state index is 12.4. The van der Waals surface area contributed by atoms with Gasteiger partial charge < -0.3 is 15.5 Å². The predicted molar refractivity (Wildman–Crippen MR) is 82.8 cm³/mol. The first-order valence-corrected chi connectivity index (χ1v) is 8.37. The van der Waals surface area contributed by atoms with E-state index in [0.29, 0.717) is 18.9 Å². The minimum absolute atomic E-state index is 0.0653. The summed E-state index contributed by atoms with van der Waals surface area (Å²) in [6, 6.07) is 0.532. The van der Waals surface area contributed by atoms with Crippen molar-refractivity contribution in [3.63, 3.8) is 0 Å². The van der Waals surface area contributed by atoms with Crippen LogP contribution in [0.2, 0.25) is 0 Å². The Morgan fingerprint density at radius 2 is 2.14 bits per heavy atom. The topological polar surface area (TPSA) is 61.4 Å². The zero-order valence-electron chi connectivity index (χ0n) is 13.5. The zero-order valence-corrected chi connectivity index (χ0v) is 13.5. The Morgan fingerprint density at radius 1 is 1.43 bits per heavy atom. The minimum Gasteiger partial charge on any atom is -0.353 e. The smallest absolute Gasteiger partial charge is 0.225 e. The van der Waals surface area contributed by atoms with Gasteiger partial charge in [0.15, 0.2) is 0 Å². The lowest BCUT2D eigenvalue weighted by molar-refractivity contribution is -0.130. The summed E-state index contributed by atoms with van der Waals surface area (Å²) in [5.74, 6) is 0.493. The van der Waals surface area contributed by atoms with Gasteiger partial charge in [-0.3, -0.25) is 9.59 Å². The molecule has 0 spiro atoms. The van der Waals surface area contributed by atoms with Crippen molar-refractivity contribution in [2.75, 3.05) is 19.6 Å². The SMILES string of the molecule is CCC(CC)N1CC(C(=O)NC2CCNCC2C)CC1=O. The second-order valence-electron chi connectivity index (χ2n) is 6.50. The largest absolute Gasteiger partial charge is 0.353 e. The van der Waals surface area contributed by atoms with Crippen molar-refractivity contribution in [2.45, 2.75) is 58.5 Å². The number of nitrogens with zero attached hydrogens (tertiary/aromatic N) is 1. The summed E-state index contributed by atoms with van der Waals surface area (Å²) < 4.78 is 0. The van der Waals surface area contributed by atoms with Crippen LogP contribution in [0.5, 0.6) is 0 Å². The maximum atomic E-state index is 12.4. The molecule has 0 aromatic heterocycles. The molecule has 0 saturated carbocycles. The molecular weight excluding hydrogens is 266 g/mol. The van der Waals surface area contributed by atoms with Gasteiger partial charge in [0.2, 0.25) is 11.8 Å². The van der Waals surface area contributed by atoms with Crippen LogP contribution in [0.3, 0.4) is 0 Å². The van der Waals surface area contributed by atoms with Gasteiger partial charge in [0.05, 0.1) is 5.92 Å². The quantitative estimate of drug-likeness (QED) is 0.799. The van der Waals surface area contributed by atoms with Crippen LogP contribution in [0.15, 0.2) is 0 Å². The molecule has 2 N–H and O–H groups in total. The van der Waals surface area contributed by atoms with E-state index in [2.05, 4.69) is 31.4 Å². The monoisotopic (exact) mass is 295 g/mol. The fourth-order valence-corrected chi connectivity index (χ4v) is 3.52. The highest BCUT2D eigenvalue weighted by Crippen LogP contribution is 2.24. The number of carbonyl (C=O) groups is 2. The van der Waals surface area contributed by atoms with Crippen LogP contribution in [0.1, 0.15) is 46.5 Å². The van der Waals surface area contributed by atoms with Crippen molar-refractivity contribution in [2.24, 2.45) is 11.8 Å². The van der Waals surface area contributed by atoms with Crippen molar-refractivity contribution >= 4 is 11.8 Å². The molecule has 5 heteroatoms. The molecular formula is C16H29N3O2. The number of piperidine rings is 1. The van der Waals surface area contributed by atoms with Crippen molar-refractivity contribution < 1.29 is 9.59 Å². The molecule has 2 aliphatic heterocycles. The molecule has 0 aromatic rings. The van der Waals surface area contributed by atoms with Gasteiger partial charge in [0.25, 0.3) is 0 Å². The van der Waals surface area contributed by atoms with Gasteiger partial charge in [0, 0.05) is 25.0 Å². The van der Waals surface area contributed by atoms with Crippen LogP contribution in [0, 0.1) is 11.8 Å². The standard InChI is InChI=1S/C16H29N3O2/c1-4-13(5-2)19-10-12(8-15(19)20)16(21)18-14-6-7-17-9-11(14)3/h11-14,17H,4-10H2,1-3H3,(H,18,21). The third-order valence-electron chi connectivity index (χ3n) is 5.03. The summed E-state index contributed by atoms with van der Waals surface area (Å²) in [7, 11) is 0. The third kappa shape index (κ3) is 3.76. The molecule has 2 rings (SSSR count). The Hall–Kier alpha value is -1.10. The molecule has 2 heterocycles. The van der Waals surface area contributed by atoms with Gasteiger partial charge in [-0.1, -0.05) is 20.8 Å². The lowest BCUT2D eigenvalue weighted by atomic mass is 9.94. The molecule has 0 bridgehead atoms. The Bertz CT molecular complexity index is 382. The van der Waals surface area contributed by atoms with E-state index >= 15 is 0 Å². The number of likely N-dealkylation sites (tertiary alicyclic amines) is 1. The third-order valence-corrected chi connectivity index (χ3v) is 5.03. The molecule has 3 unspecified atom stereocenters. The van der Waals surface area contributed by atoms with E-state index in [9.17, 15) is 9.59 Å². The number of carbonyl (C=O) groups excluding carboxylic acids is 2. The fourth-order valence-electron chi connectivity index (χ4n) is 3.52. The van der Waals surface area contributed by atoms with E-state index in [1.54, 1.807) is 0 Å². The van der Waals surface area contributed by atoms with Crippen LogP contribution >= 0.6 is 0 Å². The highest BCUT2D eigenvalue weighted by molar-refractivity contribution is 5.89. The average Bonchev–Trinajstić information content (AvgIpc) is 2.85. The second-order valence-corrected chi connectivity index (χ2v) is 6.50. The molecule has 2 fully saturated rings. The van der Waals surface area contributed by atoms with Gasteiger partial charge in [0.1, 0.15) is 0 Å². The molecule has 0 aliphatic carbocycles. The van der Waals surface area contributed by atoms with E-state index in [1.807, 2.05) is 4.90 Å². The Balaban J connectivity index is 1.90. The van der Waals surface area contributed by atoms with Crippen LogP contribution in [0.25, 0.3) is 0 Å². The summed E-state index contributed by atoms with van der Waals surface area (Å²) in [5, 5.41) is 6.51. The molecule has 120 valence electrons. The average molecular weight is 295 g/mol. The molecule has 3 atom stereocenters. The van der Waals surface area contributed by atoms with Crippen molar-refractivity contribution in [3.05, 3.63) is 0 Å². The van der Waals surface area contributed by atoms with Crippen LogP contribution in [-0.2, 0) is 9.59 Å². The van der Waals surface area contributed by atoms with Crippen LogP contribution < -0.4 is 10.6 Å². The fraction of sp³-hybridized carbons (Fsp3) is 0.875. The Labute approximate surface area is 127 Å². The molecule has 2 saturated heterocycles. The highest BCUT2D eigenvalue weighted by Gasteiger charge is 2.37. The van der Waals surface area contributed by atoms with E-state index in [1.165, 1.54) is 0 Å². The first-order valence-electron chi connectivity index (χ1n) is 8.37. The summed E-state index contributed by atoms with van der Waals surface area (Å²) in [6.07, 6.45) is 3.27. The van der Waals surface area contributed by atoms with E-state index in [0.717, 1.165) is 32.4 Å². The number of nitrogens with one attached hydrogen (secondary N) is 2. The van der Waals surface area contributed by atoms with Gasteiger partial charge in [-0.15, -0.1) is 0 Å². The van der Waals surface area contributed by atoms with Gasteiger partial charge in [-0.05, 0) is 38.3 Å². The molecule has 2 aliphatic rings. The van der Waals surface area contributed by atoms with Crippen molar-refractivity contribution in [1.82, 2.24) is 15.5 Å². The summed E-state index contributed by atoms with van der Waals surface area (Å²) in [6.45, 7) is 8.87. The molecule has 5 nitrogen and oxygen atoms in total. The van der Waals surface area contributed by atoms with E-state index in [-0.39, 0.29) is 29.8 Å². The minimum atomic E-state index is -0.166. The first kappa shape index (κ1) is 16.3. The molecule has 0 aromatic carbocycles. The van der Waals surface area contributed by atoms with Gasteiger partial charge in [-0.2, -0.15) is 0 Å².